The lowest BCUT2D eigenvalue weighted by atomic mass is 9.92. The van der Waals surface area contributed by atoms with E-state index in [1.165, 1.54) is 17.8 Å². The monoisotopic (exact) mass is 830 g/mol. The molecule has 2 atom stereocenters. The van der Waals surface area contributed by atoms with Crippen LogP contribution in [0.5, 0.6) is 5.75 Å². The van der Waals surface area contributed by atoms with Gasteiger partial charge in [-0.2, -0.15) is 4.98 Å². The minimum atomic E-state index is -1.40. The average molecular weight is 831 g/mol. The van der Waals surface area contributed by atoms with Gasteiger partial charge in [0.1, 0.15) is 16.7 Å². The van der Waals surface area contributed by atoms with Gasteiger partial charge in [0.2, 0.25) is 17.8 Å². The van der Waals surface area contributed by atoms with Crippen LogP contribution in [0.1, 0.15) is 47.8 Å². The van der Waals surface area contributed by atoms with Gasteiger partial charge in [-0.1, -0.05) is 11.6 Å². The molecule has 2 aromatic heterocycles. The third-order valence-corrected chi connectivity index (χ3v) is 11.9. The van der Waals surface area contributed by atoms with Crippen molar-refractivity contribution >= 4 is 69.3 Å². The van der Waals surface area contributed by atoms with E-state index < -0.39 is 35.7 Å². The minimum Gasteiger partial charge on any atom is -0.478 e. The second kappa shape index (κ2) is 16.1. The summed E-state index contributed by atoms with van der Waals surface area (Å²) >= 11 is 6.52. The molecule has 0 spiro atoms. The van der Waals surface area contributed by atoms with Crippen LogP contribution in [0.25, 0.3) is 10.9 Å². The van der Waals surface area contributed by atoms with Crippen LogP contribution in [0.2, 0.25) is 5.02 Å². The number of amides is 4. The second-order valence-electron chi connectivity index (χ2n) is 15.3. The van der Waals surface area contributed by atoms with Crippen molar-refractivity contribution in [2.45, 2.75) is 43.6 Å². The largest absolute Gasteiger partial charge is 0.478 e. The molecule has 0 radical (unpaired) electrons. The molecule has 2 unspecified atom stereocenters. The molecule has 8 rings (SSSR count). The Kier molecular flexibility index (Phi) is 10.9. The molecule has 0 saturated carbocycles. The zero-order valence-electron chi connectivity index (χ0n) is 32.5. The first-order chi connectivity index (χ1) is 28.3. The third-order valence-electron chi connectivity index (χ3n) is 11.6. The number of likely N-dealkylation sites (N-methyl/N-ethyl adjacent to an activating group) is 1. The fourth-order valence-corrected chi connectivity index (χ4v) is 8.37. The number of carbonyl (C=O) groups is 4. The summed E-state index contributed by atoms with van der Waals surface area (Å²) in [6.45, 7) is 3.31. The zero-order valence-corrected chi connectivity index (χ0v) is 33.3. The minimum absolute atomic E-state index is 0.0401. The standard InChI is InChI=1S/C40H44ClFN10O7/c1-43-33(54)21-59-31-18-23-17-24(3-6-29(23)48(2)38(31)58)45-34-28(41)20-44-39(47-34)51-11-9-40(42,10-12-51)22-49-13-15-50(16-14-49)25-4-5-26-27(19-25)37(57)52(36(26)56)30-7-8-32(53)46-35(30)55/h3-6,17-20,30,37,57H,7-16,21-22H2,1-2H3,(H,43,54)(H,44,45,47)(H,46,53,55). The van der Waals surface area contributed by atoms with Gasteiger partial charge >= 0.3 is 0 Å². The van der Waals surface area contributed by atoms with Crippen LogP contribution in [-0.4, -0.2) is 124 Å². The van der Waals surface area contributed by atoms with Crippen LogP contribution in [0, 0.1) is 0 Å². The number of aliphatic hydroxyl groups is 1. The number of halogens is 2. The highest BCUT2D eigenvalue weighted by molar-refractivity contribution is 6.33. The van der Waals surface area contributed by atoms with E-state index in [1.807, 2.05) is 17.0 Å². The van der Waals surface area contributed by atoms with E-state index in [0.717, 1.165) is 10.6 Å². The van der Waals surface area contributed by atoms with Crippen molar-refractivity contribution in [1.82, 2.24) is 35.0 Å². The van der Waals surface area contributed by atoms with E-state index in [9.17, 15) is 29.1 Å². The Bertz CT molecular complexity index is 2400. The fourth-order valence-electron chi connectivity index (χ4n) is 8.23. The van der Waals surface area contributed by atoms with Gasteiger partial charge < -0.3 is 34.8 Å². The van der Waals surface area contributed by atoms with Crippen LogP contribution >= 0.6 is 11.6 Å². The Hall–Kier alpha value is -5.85. The van der Waals surface area contributed by atoms with Gasteiger partial charge in [0.25, 0.3) is 17.4 Å². The summed E-state index contributed by atoms with van der Waals surface area (Å²) in [5, 5.41) is 20.0. The van der Waals surface area contributed by atoms with Gasteiger partial charge in [-0.25, -0.2) is 9.37 Å². The molecule has 0 bridgehead atoms. The number of nitrogens with one attached hydrogen (secondary N) is 3. The highest BCUT2D eigenvalue weighted by Crippen LogP contribution is 2.38. The van der Waals surface area contributed by atoms with Gasteiger partial charge in [0, 0.05) is 107 Å². The van der Waals surface area contributed by atoms with Crippen molar-refractivity contribution in [3.63, 3.8) is 0 Å². The lowest BCUT2D eigenvalue weighted by molar-refractivity contribution is -0.139. The summed E-state index contributed by atoms with van der Waals surface area (Å²) < 4.78 is 23.3. The van der Waals surface area contributed by atoms with Crippen molar-refractivity contribution in [3.05, 3.63) is 75.2 Å². The number of piperazine rings is 1. The van der Waals surface area contributed by atoms with Crippen LogP contribution < -0.4 is 36.0 Å². The van der Waals surface area contributed by atoms with Crippen molar-refractivity contribution < 1.29 is 33.4 Å². The van der Waals surface area contributed by atoms with Gasteiger partial charge in [0.15, 0.2) is 24.4 Å². The Labute approximate surface area is 343 Å². The SMILES string of the molecule is CNC(=O)COc1cc2cc(Nc3nc(N4CCC(F)(CN5CCN(c6ccc7c(c6)C(O)N(C6CCC(=O)NC6=O)C7=O)CC5)CC4)ncc3Cl)ccc2n(C)c1=O. The maximum atomic E-state index is 16.4. The van der Waals surface area contributed by atoms with Crippen LogP contribution in [-0.2, 0) is 21.4 Å². The summed E-state index contributed by atoms with van der Waals surface area (Å²) in [5.74, 6) is -0.972. The number of benzene rings is 2. The van der Waals surface area contributed by atoms with E-state index in [1.54, 1.807) is 37.4 Å². The number of aromatic nitrogens is 3. The number of hydrogen-bond donors (Lipinski definition) is 4. The maximum absolute atomic E-state index is 16.4. The van der Waals surface area contributed by atoms with Crippen LogP contribution in [0.4, 0.5) is 27.5 Å². The van der Waals surface area contributed by atoms with E-state index >= 15 is 4.39 Å². The number of rotatable bonds is 10. The smallest absolute Gasteiger partial charge is 0.293 e. The molecule has 4 aliphatic heterocycles. The molecule has 4 amide bonds. The highest BCUT2D eigenvalue weighted by atomic mass is 35.5. The average Bonchev–Trinajstić information content (AvgIpc) is 3.47. The predicted molar refractivity (Wildman–Crippen MR) is 217 cm³/mol. The molecule has 19 heteroatoms. The number of fused-ring (bicyclic) bond motifs is 2. The Morgan fingerprint density at radius 3 is 2.53 bits per heavy atom. The summed E-state index contributed by atoms with van der Waals surface area (Å²) in [6, 6.07) is 11.3. The summed E-state index contributed by atoms with van der Waals surface area (Å²) in [5.41, 5.74) is 1.10. The number of piperidine rings is 2. The third kappa shape index (κ3) is 7.99. The molecule has 6 heterocycles. The first kappa shape index (κ1) is 40.0. The van der Waals surface area contributed by atoms with Gasteiger partial charge in [-0.3, -0.25) is 39.1 Å². The van der Waals surface area contributed by atoms with Crippen LogP contribution in [0.3, 0.4) is 0 Å². The van der Waals surface area contributed by atoms with E-state index in [-0.39, 0.29) is 56.1 Å². The van der Waals surface area contributed by atoms with Crippen LogP contribution in [0.15, 0.2) is 53.5 Å². The number of hydrogen-bond acceptors (Lipinski definition) is 13. The van der Waals surface area contributed by atoms with Crippen molar-refractivity contribution in [2.75, 3.05) is 74.6 Å². The molecule has 0 aliphatic carbocycles. The molecular formula is C40H44ClFN10O7. The van der Waals surface area contributed by atoms with Crippen molar-refractivity contribution in [1.29, 1.82) is 0 Å². The predicted octanol–water partition coefficient (Wildman–Crippen LogP) is 2.23. The molecule has 3 fully saturated rings. The first-order valence-electron chi connectivity index (χ1n) is 19.5. The van der Waals surface area contributed by atoms with Gasteiger partial charge in [-0.05, 0) is 48.9 Å². The number of aliphatic hydroxyl groups excluding tert-OH is 1. The number of carbonyl (C=O) groups excluding carboxylic acids is 4. The molecule has 2 aromatic carbocycles. The van der Waals surface area contributed by atoms with E-state index in [0.29, 0.717) is 83.8 Å². The number of imide groups is 1. The molecule has 59 heavy (non-hydrogen) atoms. The maximum Gasteiger partial charge on any atom is 0.293 e. The van der Waals surface area contributed by atoms with Crippen molar-refractivity contribution in [3.8, 4) is 5.75 Å². The normalized spacial score (nSPS) is 20.8. The summed E-state index contributed by atoms with van der Waals surface area (Å²) in [6.07, 6.45) is 1.02. The Morgan fingerprint density at radius 2 is 1.80 bits per heavy atom. The quantitative estimate of drug-likeness (QED) is 0.170. The summed E-state index contributed by atoms with van der Waals surface area (Å²) in [4.78, 5) is 78.3. The molecule has 310 valence electrons. The Balaban J connectivity index is 0.858. The molecular weight excluding hydrogens is 787 g/mol. The number of aryl methyl sites for hydroxylation is 1. The van der Waals surface area contributed by atoms with E-state index in [4.69, 9.17) is 16.3 Å². The number of alkyl halides is 1. The fraction of sp³-hybridized carbons (Fsp3) is 0.425. The second-order valence-corrected chi connectivity index (χ2v) is 15.7. The first-order valence-corrected chi connectivity index (χ1v) is 19.8. The van der Waals surface area contributed by atoms with Gasteiger partial charge in [0.05, 0.1) is 11.7 Å². The Morgan fingerprint density at radius 1 is 1.03 bits per heavy atom. The lowest BCUT2D eigenvalue weighted by Crippen LogP contribution is -2.53. The van der Waals surface area contributed by atoms with Gasteiger partial charge in [-0.15, -0.1) is 0 Å². The topological polar surface area (TPSA) is 195 Å². The van der Waals surface area contributed by atoms with E-state index in [2.05, 4.69) is 35.7 Å². The highest BCUT2D eigenvalue weighted by Gasteiger charge is 2.45. The lowest BCUT2D eigenvalue weighted by Gasteiger charge is -2.42. The number of pyridine rings is 1. The molecule has 3 saturated heterocycles. The molecule has 4 aromatic rings. The molecule has 4 N–H and O–H groups in total. The summed E-state index contributed by atoms with van der Waals surface area (Å²) in [7, 11) is 3.11. The van der Waals surface area contributed by atoms with Crippen molar-refractivity contribution in [2.24, 2.45) is 7.05 Å². The number of anilines is 4. The zero-order chi connectivity index (χ0) is 41.6. The number of nitrogens with zero attached hydrogens (tertiary/aromatic N) is 7. The number of ether oxygens (including phenoxy) is 1. The molecule has 4 aliphatic rings. The molecule has 17 nitrogen and oxygen atoms in total.